The number of hydrogen-bond donors (Lipinski definition) is 2. The second kappa shape index (κ2) is 10.1. The first-order chi connectivity index (χ1) is 14.2. The van der Waals surface area contributed by atoms with E-state index in [0.29, 0.717) is 24.5 Å². The van der Waals surface area contributed by atoms with Crippen LogP contribution in [0.25, 0.3) is 0 Å². The van der Waals surface area contributed by atoms with Crippen LogP contribution in [-0.2, 0) is 6.42 Å². The van der Waals surface area contributed by atoms with Crippen molar-refractivity contribution in [2.45, 2.75) is 13.3 Å². The maximum absolute atomic E-state index is 12.3. The maximum Gasteiger partial charge on any atom is 0.252 e. The molecule has 0 fully saturated rings. The second-order valence-corrected chi connectivity index (χ2v) is 6.37. The zero-order valence-corrected chi connectivity index (χ0v) is 16.6. The molecule has 3 aromatic rings. The lowest BCUT2D eigenvalue weighted by Gasteiger charge is -2.09. The van der Waals surface area contributed by atoms with Crippen molar-refractivity contribution in [3.05, 3.63) is 78.0 Å². The van der Waals surface area contributed by atoms with Crippen molar-refractivity contribution in [3.8, 4) is 11.5 Å². The molecule has 150 valence electrons. The Morgan fingerprint density at radius 2 is 1.69 bits per heavy atom. The van der Waals surface area contributed by atoms with E-state index in [1.165, 1.54) is 0 Å². The van der Waals surface area contributed by atoms with Crippen LogP contribution in [0.4, 0.5) is 11.5 Å². The topological polar surface area (TPSA) is 72.5 Å². The minimum atomic E-state index is -0.140. The monoisotopic (exact) mass is 391 g/mol. The van der Waals surface area contributed by atoms with Crippen molar-refractivity contribution < 1.29 is 14.3 Å². The zero-order chi connectivity index (χ0) is 20.5. The van der Waals surface area contributed by atoms with Crippen molar-refractivity contribution in [1.82, 2.24) is 10.3 Å². The van der Waals surface area contributed by atoms with Gasteiger partial charge in [-0.15, -0.1) is 0 Å². The first kappa shape index (κ1) is 20.2. The number of amides is 1. The molecule has 6 nitrogen and oxygen atoms in total. The van der Waals surface area contributed by atoms with Gasteiger partial charge in [-0.2, -0.15) is 0 Å². The van der Waals surface area contributed by atoms with E-state index in [2.05, 4.69) is 15.6 Å². The van der Waals surface area contributed by atoms with Crippen LogP contribution in [0, 0.1) is 0 Å². The summed E-state index contributed by atoms with van der Waals surface area (Å²) in [6.45, 7) is 3.14. The van der Waals surface area contributed by atoms with E-state index in [-0.39, 0.29) is 5.91 Å². The van der Waals surface area contributed by atoms with Crippen molar-refractivity contribution in [3.63, 3.8) is 0 Å². The summed E-state index contributed by atoms with van der Waals surface area (Å²) < 4.78 is 10.6. The molecule has 0 spiro atoms. The van der Waals surface area contributed by atoms with Gasteiger partial charge in [0.1, 0.15) is 17.3 Å². The Hall–Kier alpha value is -3.54. The average Bonchev–Trinajstić information content (AvgIpc) is 2.76. The molecule has 6 heteroatoms. The molecule has 2 N–H and O–H groups in total. The van der Waals surface area contributed by atoms with Crippen LogP contribution in [0.2, 0.25) is 0 Å². The van der Waals surface area contributed by atoms with Crippen molar-refractivity contribution >= 4 is 17.4 Å². The molecule has 2 aromatic carbocycles. The largest absolute Gasteiger partial charge is 0.497 e. The summed E-state index contributed by atoms with van der Waals surface area (Å²) in [4.78, 5) is 16.6. The molecule has 0 saturated carbocycles. The highest BCUT2D eigenvalue weighted by molar-refractivity contribution is 5.94. The predicted molar refractivity (Wildman–Crippen MR) is 114 cm³/mol. The molecular weight excluding hydrogens is 366 g/mol. The summed E-state index contributed by atoms with van der Waals surface area (Å²) >= 11 is 0. The number of anilines is 2. The van der Waals surface area contributed by atoms with Crippen LogP contribution in [0.1, 0.15) is 22.8 Å². The number of hydrogen-bond acceptors (Lipinski definition) is 5. The predicted octanol–water partition coefficient (Wildman–Crippen LogP) is 4.21. The van der Waals surface area contributed by atoms with Gasteiger partial charge in [-0.3, -0.25) is 4.79 Å². The molecule has 0 radical (unpaired) electrons. The Morgan fingerprint density at radius 1 is 0.966 bits per heavy atom. The molecule has 0 aliphatic carbocycles. The molecule has 0 atom stereocenters. The normalized spacial score (nSPS) is 10.3. The Kier molecular flexibility index (Phi) is 7.05. The third-order valence-electron chi connectivity index (χ3n) is 4.32. The average molecular weight is 391 g/mol. The number of ether oxygens (including phenoxy) is 2. The smallest absolute Gasteiger partial charge is 0.252 e. The third kappa shape index (κ3) is 5.97. The third-order valence-corrected chi connectivity index (χ3v) is 4.32. The number of nitrogens with one attached hydrogen (secondary N) is 2. The summed E-state index contributed by atoms with van der Waals surface area (Å²) in [7, 11) is 1.64. The standard InChI is InChI=1S/C23H25N3O3/c1-3-29-21-11-7-19(8-12-21)26-22-13-6-18(16-25-22)23(27)24-15-14-17-4-9-20(28-2)10-5-17/h4-13,16H,3,14-15H2,1-2H3,(H,24,27)(H,25,26). The molecule has 0 aliphatic rings. The number of carbonyl (C=O) groups excluding carboxylic acids is 1. The molecular formula is C23H25N3O3. The van der Waals surface area contributed by atoms with Gasteiger partial charge in [0.25, 0.3) is 5.91 Å². The Balaban J connectivity index is 1.48. The van der Waals surface area contributed by atoms with Crippen LogP contribution in [0.15, 0.2) is 66.9 Å². The molecule has 1 heterocycles. The summed E-state index contributed by atoms with van der Waals surface area (Å²) in [6.07, 6.45) is 2.32. The van der Waals surface area contributed by atoms with Crippen LogP contribution in [-0.4, -0.2) is 31.2 Å². The van der Waals surface area contributed by atoms with Crippen molar-refractivity contribution in [1.29, 1.82) is 0 Å². The van der Waals surface area contributed by atoms with Gasteiger partial charge >= 0.3 is 0 Å². The lowest BCUT2D eigenvalue weighted by molar-refractivity contribution is 0.0954. The minimum Gasteiger partial charge on any atom is -0.497 e. The highest BCUT2D eigenvalue weighted by Crippen LogP contribution is 2.19. The maximum atomic E-state index is 12.3. The van der Waals surface area contributed by atoms with E-state index in [1.807, 2.05) is 55.5 Å². The number of pyridine rings is 1. The Morgan fingerprint density at radius 3 is 2.31 bits per heavy atom. The van der Waals surface area contributed by atoms with Gasteiger partial charge in [0.2, 0.25) is 0 Å². The van der Waals surface area contributed by atoms with Crippen LogP contribution in [0.3, 0.4) is 0 Å². The summed E-state index contributed by atoms with van der Waals surface area (Å²) in [5, 5.41) is 6.12. The molecule has 0 bridgehead atoms. The lowest BCUT2D eigenvalue weighted by atomic mass is 10.1. The SMILES string of the molecule is CCOc1ccc(Nc2ccc(C(=O)NCCc3ccc(OC)cc3)cn2)cc1. The fraction of sp³-hybridized carbons (Fsp3) is 0.217. The number of carbonyl (C=O) groups is 1. The first-order valence-corrected chi connectivity index (χ1v) is 9.55. The molecule has 29 heavy (non-hydrogen) atoms. The van der Waals surface area contributed by atoms with Crippen LogP contribution < -0.4 is 20.1 Å². The molecule has 0 saturated heterocycles. The number of benzene rings is 2. The van der Waals surface area contributed by atoms with Gasteiger partial charge in [0.05, 0.1) is 19.3 Å². The molecule has 3 rings (SSSR count). The van der Waals surface area contributed by atoms with Crippen molar-refractivity contribution in [2.24, 2.45) is 0 Å². The molecule has 0 unspecified atom stereocenters. The highest BCUT2D eigenvalue weighted by atomic mass is 16.5. The van der Waals surface area contributed by atoms with Crippen LogP contribution >= 0.6 is 0 Å². The summed E-state index contributed by atoms with van der Waals surface area (Å²) in [5.41, 5.74) is 2.56. The second-order valence-electron chi connectivity index (χ2n) is 6.37. The fourth-order valence-corrected chi connectivity index (χ4v) is 2.77. The molecule has 1 aromatic heterocycles. The summed E-state index contributed by atoms with van der Waals surface area (Å²) in [6, 6.07) is 19.0. The number of aromatic nitrogens is 1. The Labute approximate surface area is 170 Å². The first-order valence-electron chi connectivity index (χ1n) is 9.55. The van der Waals surface area contributed by atoms with E-state index in [0.717, 1.165) is 29.2 Å². The van der Waals surface area contributed by atoms with Gasteiger partial charge in [-0.25, -0.2) is 4.98 Å². The van der Waals surface area contributed by atoms with E-state index >= 15 is 0 Å². The quantitative estimate of drug-likeness (QED) is 0.572. The highest BCUT2D eigenvalue weighted by Gasteiger charge is 2.06. The van der Waals surface area contributed by atoms with Gasteiger partial charge in [-0.1, -0.05) is 12.1 Å². The van der Waals surface area contributed by atoms with E-state index in [4.69, 9.17) is 9.47 Å². The van der Waals surface area contributed by atoms with Gasteiger partial charge in [0.15, 0.2) is 0 Å². The van der Waals surface area contributed by atoms with Gasteiger partial charge in [-0.05, 0) is 67.4 Å². The summed E-state index contributed by atoms with van der Waals surface area (Å²) in [5.74, 6) is 2.18. The van der Waals surface area contributed by atoms with E-state index in [9.17, 15) is 4.79 Å². The zero-order valence-electron chi connectivity index (χ0n) is 16.6. The Bertz CT molecular complexity index is 908. The number of methoxy groups -OCH3 is 1. The van der Waals surface area contributed by atoms with Crippen molar-refractivity contribution in [2.75, 3.05) is 25.6 Å². The van der Waals surface area contributed by atoms with E-state index < -0.39 is 0 Å². The number of rotatable bonds is 9. The molecule has 0 aliphatic heterocycles. The van der Waals surface area contributed by atoms with Gasteiger partial charge in [0, 0.05) is 18.4 Å². The molecule has 1 amide bonds. The van der Waals surface area contributed by atoms with Crippen LogP contribution in [0.5, 0.6) is 11.5 Å². The fourth-order valence-electron chi connectivity index (χ4n) is 2.77. The van der Waals surface area contributed by atoms with Gasteiger partial charge < -0.3 is 20.1 Å². The van der Waals surface area contributed by atoms with E-state index in [1.54, 1.807) is 25.4 Å². The number of nitrogens with zero attached hydrogens (tertiary/aromatic N) is 1. The lowest BCUT2D eigenvalue weighted by Crippen LogP contribution is -2.25. The minimum absolute atomic E-state index is 0.140.